The molecule has 0 amide bonds. The molecular formula is C16H15N3O3. The standard InChI is InChI=1S/C16H15N3O3/c1-11(21-14-7-5-13(20-2)6-8-14)16-18-15(19-22-16)12-4-3-9-17-10-12/h3-11H,1-2H3/t11-/m1/s1. The molecule has 0 radical (unpaired) electrons. The van der Waals surface area contributed by atoms with Crippen LogP contribution >= 0.6 is 0 Å². The van der Waals surface area contributed by atoms with Gasteiger partial charge in [-0.05, 0) is 43.3 Å². The van der Waals surface area contributed by atoms with Gasteiger partial charge in [-0.2, -0.15) is 4.98 Å². The zero-order valence-corrected chi connectivity index (χ0v) is 12.3. The van der Waals surface area contributed by atoms with Gasteiger partial charge in [-0.25, -0.2) is 0 Å². The molecule has 3 rings (SSSR count). The second-order valence-corrected chi connectivity index (χ2v) is 4.63. The van der Waals surface area contributed by atoms with Crippen LogP contribution < -0.4 is 9.47 Å². The highest BCUT2D eigenvalue weighted by Crippen LogP contribution is 2.24. The minimum atomic E-state index is -0.355. The molecule has 0 spiro atoms. The van der Waals surface area contributed by atoms with Crippen LogP contribution in [-0.2, 0) is 0 Å². The van der Waals surface area contributed by atoms with Crippen molar-refractivity contribution in [2.45, 2.75) is 13.0 Å². The van der Waals surface area contributed by atoms with Crippen molar-refractivity contribution >= 4 is 0 Å². The lowest BCUT2D eigenvalue weighted by Gasteiger charge is -2.10. The van der Waals surface area contributed by atoms with Crippen molar-refractivity contribution in [2.24, 2.45) is 0 Å². The largest absolute Gasteiger partial charge is 0.497 e. The predicted molar refractivity (Wildman–Crippen MR) is 79.6 cm³/mol. The van der Waals surface area contributed by atoms with Crippen LogP contribution in [0.2, 0.25) is 0 Å². The number of nitrogens with zero attached hydrogens (tertiary/aromatic N) is 3. The quantitative estimate of drug-likeness (QED) is 0.719. The highest BCUT2D eigenvalue weighted by molar-refractivity contribution is 5.51. The van der Waals surface area contributed by atoms with Gasteiger partial charge < -0.3 is 14.0 Å². The van der Waals surface area contributed by atoms with Crippen LogP contribution in [0.1, 0.15) is 18.9 Å². The molecule has 1 atom stereocenters. The fourth-order valence-corrected chi connectivity index (χ4v) is 1.92. The first-order chi connectivity index (χ1) is 10.8. The molecule has 1 aromatic carbocycles. The molecule has 6 nitrogen and oxygen atoms in total. The molecule has 0 unspecified atom stereocenters. The number of ether oxygens (including phenoxy) is 2. The molecule has 0 saturated heterocycles. The molecule has 112 valence electrons. The Morgan fingerprint density at radius 2 is 1.86 bits per heavy atom. The Morgan fingerprint density at radius 1 is 1.09 bits per heavy atom. The Balaban J connectivity index is 1.72. The Morgan fingerprint density at radius 3 is 2.55 bits per heavy atom. The van der Waals surface area contributed by atoms with Gasteiger partial charge in [-0.1, -0.05) is 5.16 Å². The Kier molecular flexibility index (Phi) is 4.00. The fourth-order valence-electron chi connectivity index (χ4n) is 1.92. The Bertz CT molecular complexity index is 726. The van der Waals surface area contributed by atoms with Gasteiger partial charge in [-0.3, -0.25) is 4.98 Å². The van der Waals surface area contributed by atoms with E-state index in [-0.39, 0.29) is 6.10 Å². The van der Waals surface area contributed by atoms with E-state index in [4.69, 9.17) is 14.0 Å². The van der Waals surface area contributed by atoms with E-state index in [2.05, 4.69) is 15.1 Å². The molecule has 2 heterocycles. The number of hydrogen-bond acceptors (Lipinski definition) is 6. The van der Waals surface area contributed by atoms with Crippen LogP contribution in [0.5, 0.6) is 11.5 Å². The summed E-state index contributed by atoms with van der Waals surface area (Å²) in [5, 5.41) is 3.95. The Labute approximate surface area is 127 Å². The van der Waals surface area contributed by atoms with Gasteiger partial charge in [0.25, 0.3) is 5.89 Å². The maximum absolute atomic E-state index is 5.78. The second-order valence-electron chi connectivity index (χ2n) is 4.63. The number of hydrogen-bond donors (Lipinski definition) is 0. The summed E-state index contributed by atoms with van der Waals surface area (Å²) in [5.41, 5.74) is 0.800. The average molecular weight is 297 g/mol. The van der Waals surface area contributed by atoms with Crippen molar-refractivity contribution in [3.63, 3.8) is 0 Å². The number of aromatic nitrogens is 3. The zero-order valence-electron chi connectivity index (χ0n) is 12.3. The van der Waals surface area contributed by atoms with E-state index in [1.807, 2.05) is 43.3 Å². The molecule has 0 bridgehead atoms. The third kappa shape index (κ3) is 3.06. The first-order valence-electron chi connectivity index (χ1n) is 6.81. The minimum Gasteiger partial charge on any atom is -0.497 e. The van der Waals surface area contributed by atoms with E-state index in [1.54, 1.807) is 19.5 Å². The third-order valence-corrected chi connectivity index (χ3v) is 3.08. The van der Waals surface area contributed by atoms with Crippen LogP contribution in [0.4, 0.5) is 0 Å². The first kappa shape index (κ1) is 14.1. The molecular weight excluding hydrogens is 282 g/mol. The lowest BCUT2D eigenvalue weighted by Crippen LogP contribution is -2.03. The van der Waals surface area contributed by atoms with Crippen LogP contribution in [0.25, 0.3) is 11.4 Å². The summed E-state index contributed by atoms with van der Waals surface area (Å²) >= 11 is 0. The molecule has 22 heavy (non-hydrogen) atoms. The van der Waals surface area contributed by atoms with Crippen molar-refractivity contribution in [3.05, 3.63) is 54.7 Å². The van der Waals surface area contributed by atoms with E-state index < -0.39 is 0 Å². The second kappa shape index (κ2) is 6.26. The summed E-state index contributed by atoms with van der Waals surface area (Å²) < 4.78 is 16.1. The molecule has 0 aliphatic heterocycles. The summed E-state index contributed by atoms with van der Waals surface area (Å²) in [4.78, 5) is 8.38. The van der Waals surface area contributed by atoms with Crippen LogP contribution in [0.3, 0.4) is 0 Å². The maximum Gasteiger partial charge on any atom is 0.267 e. The van der Waals surface area contributed by atoms with Gasteiger partial charge in [0.2, 0.25) is 5.82 Å². The van der Waals surface area contributed by atoms with E-state index in [0.717, 1.165) is 11.3 Å². The van der Waals surface area contributed by atoms with Gasteiger partial charge in [0.15, 0.2) is 6.10 Å². The van der Waals surface area contributed by atoms with E-state index in [1.165, 1.54) is 0 Å². The molecule has 0 N–H and O–H groups in total. The predicted octanol–water partition coefficient (Wildman–Crippen LogP) is 3.28. The molecule has 0 aliphatic carbocycles. The topological polar surface area (TPSA) is 70.3 Å². The smallest absolute Gasteiger partial charge is 0.267 e. The van der Waals surface area contributed by atoms with Crippen molar-refractivity contribution in [1.29, 1.82) is 0 Å². The van der Waals surface area contributed by atoms with Crippen molar-refractivity contribution < 1.29 is 14.0 Å². The number of benzene rings is 1. The minimum absolute atomic E-state index is 0.355. The lowest BCUT2D eigenvalue weighted by atomic mass is 10.3. The fraction of sp³-hybridized carbons (Fsp3) is 0.188. The molecule has 6 heteroatoms. The molecule has 2 aromatic heterocycles. The first-order valence-corrected chi connectivity index (χ1v) is 6.81. The molecule has 0 saturated carbocycles. The van der Waals surface area contributed by atoms with Crippen molar-refractivity contribution in [1.82, 2.24) is 15.1 Å². The zero-order chi connectivity index (χ0) is 15.4. The summed E-state index contributed by atoms with van der Waals surface area (Å²) in [7, 11) is 1.62. The van der Waals surface area contributed by atoms with E-state index >= 15 is 0 Å². The normalized spacial score (nSPS) is 11.9. The molecule has 0 fully saturated rings. The van der Waals surface area contributed by atoms with Crippen molar-refractivity contribution in [2.75, 3.05) is 7.11 Å². The summed E-state index contributed by atoms with van der Waals surface area (Å²) in [6.45, 7) is 1.85. The SMILES string of the molecule is COc1ccc(O[C@H](C)c2nc(-c3cccnc3)no2)cc1. The highest BCUT2D eigenvalue weighted by atomic mass is 16.5. The van der Waals surface area contributed by atoms with Gasteiger partial charge in [-0.15, -0.1) is 0 Å². The number of methoxy groups -OCH3 is 1. The average Bonchev–Trinajstić information content (AvgIpc) is 3.06. The summed E-state index contributed by atoms with van der Waals surface area (Å²) in [5.74, 6) is 2.38. The molecule has 3 aromatic rings. The van der Waals surface area contributed by atoms with Gasteiger partial charge in [0, 0.05) is 18.0 Å². The lowest BCUT2D eigenvalue weighted by molar-refractivity contribution is 0.175. The summed E-state index contributed by atoms with van der Waals surface area (Å²) in [6, 6.07) is 11.0. The van der Waals surface area contributed by atoms with Crippen LogP contribution in [0, 0.1) is 0 Å². The van der Waals surface area contributed by atoms with Gasteiger partial charge >= 0.3 is 0 Å². The number of pyridine rings is 1. The van der Waals surface area contributed by atoms with Gasteiger partial charge in [0.05, 0.1) is 7.11 Å². The van der Waals surface area contributed by atoms with Gasteiger partial charge in [0.1, 0.15) is 11.5 Å². The molecule has 0 aliphatic rings. The van der Waals surface area contributed by atoms with E-state index in [9.17, 15) is 0 Å². The van der Waals surface area contributed by atoms with E-state index in [0.29, 0.717) is 17.5 Å². The monoisotopic (exact) mass is 297 g/mol. The maximum atomic E-state index is 5.78. The van der Waals surface area contributed by atoms with Crippen LogP contribution in [0.15, 0.2) is 53.3 Å². The third-order valence-electron chi connectivity index (χ3n) is 3.08. The van der Waals surface area contributed by atoms with Crippen molar-refractivity contribution in [3.8, 4) is 22.9 Å². The highest BCUT2D eigenvalue weighted by Gasteiger charge is 2.17. The Hall–Kier alpha value is -2.89. The number of rotatable bonds is 5. The van der Waals surface area contributed by atoms with Crippen LogP contribution in [-0.4, -0.2) is 22.2 Å². The summed E-state index contributed by atoms with van der Waals surface area (Å²) in [6.07, 6.45) is 3.02.